The van der Waals surface area contributed by atoms with E-state index >= 15 is 0 Å². The third kappa shape index (κ3) is 4.72. The Bertz CT molecular complexity index is 757. The maximum atomic E-state index is 12.5. The van der Waals surface area contributed by atoms with Gasteiger partial charge >= 0.3 is 5.97 Å². The zero-order chi connectivity index (χ0) is 20.3. The Labute approximate surface area is 162 Å². The first-order valence-electron chi connectivity index (χ1n) is 9.15. The smallest absolute Gasteiger partial charge is 0.326 e. The minimum Gasteiger partial charge on any atom is -0.454 e. The predicted octanol–water partition coefficient (Wildman–Crippen LogP) is 0.713. The molecule has 1 aromatic rings. The van der Waals surface area contributed by atoms with Crippen molar-refractivity contribution in [2.45, 2.75) is 39.1 Å². The molecular weight excluding hydrogens is 368 g/mol. The van der Waals surface area contributed by atoms with E-state index in [1.54, 1.807) is 17.0 Å². The van der Waals surface area contributed by atoms with E-state index in [1.165, 1.54) is 13.0 Å². The van der Waals surface area contributed by atoms with E-state index < -0.39 is 18.0 Å². The number of carbonyl (C=O) groups excluding carboxylic acids is 3. The molecule has 0 spiro atoms. The summed E-state index contributed by atoms with van der Waals surface area (Å²) in [7, 11) is 0. The first-order chi connectivity index (χ1) is 13.3. The molecule has 9 nitrogen and oxygen atoms in total. The van der Waals surface area contributed by atoms with E-state index in [9.17, 15) is 14.4 Å². The van der Waals surface area contributed by atoms with Crippen molar-refractivity contribution in [2.75, 3.05) is 26.4 Å². The summed E-state index contributed by atoms with van der Waals surface area (Å²) in [5.41, 5.74) is 0.331. The molecule has 28 heavy (non-hydrogen) atoms. The number of benzene rings is 1. The van der Waals surface area contributed by atoms with Crippen LogP contribution in [0.5, 0.6) is 11.5 Å². The highest BCUT2D eigenvalue weighted by Gasteiger charge is 2.30. The van der Waals surface area contributed by atoms with Crippen molar-refractivity contribution >= 4 is 17.8 Å². The van der Waals surface area contributed by atoms with Gasteiger partial charge < -0.3 is 29.2 Å². The zero-order valence-electron chi connectivity index (χ0n) is 16.1. The third-order valence-corrected chi connectivity index (χ3v) is 4.42. The van der Waals surface area contributed by atoms with Crippen LogP contribution in [0.15, 0.2) is 18.2 Å². The molecule has 2 heterocycles. The lowest BCUT2D eigenvalue weighted by Gasteiger charge is -2.36. The fourth-order valence-electron chi connectivity index (χ4n) is 3.20. The molecule has 0 aromatic heterocycles. The number of hydrogen-bond donors (Lipinski definition) is 1. The van der Waals surface area contributed by atoms with Gasteiger partial charge in [-0.15, -0.1) is 0 Å². The molecule has 0 bridgehead atoms. The van der Waals surface area contributed by atoms with Crippen LogP contribution in [0.25, 0.3) is 0 Å². The lowest BCUT2D eigenvalue weighted by Crippen LogP contribution is -2.51. The Kier molecular flexibility index (Phi) is 6.03. The Balaban J connectivity index is 1.47. The number of carbonyl (C=O) groups is 3. The minimum atomic E-state index is -0.938. The summed E-state index contributed by atoms with van der Waals surface area (Å²) in [6.07, 6.45) is -1.08. The van der Waals surface area contributed by atoms with Crippen LogP contribution in [0.4, 0.5) is 0 Å². The monoisotopic (exact) mass is 392 g/mol. The van der Waals surface area contributed by atoms with Gasteiger partial charge in [0.2, 0.25) is 6.79 Å². The molecule has 0 unspecified atom stereocenters. The number of ether oxygens (including phenoxy) is 4. The van der Waals surface area contributed by atoms with Gasteiger partial charge in [0, 0.05) is 18.7 Å². The Morgan fingerprint density at radius 2 is 1.86 bits per heavy atom. The van der Waals surface area contributed by atoms with Gasteiger partial charge in [0.15, 0.2) is 17.6 Å². The first-order valence-corrected chi connectivity index (χ1v) is 9.15. The average molecular weight is 392 g/mol. The maximum Gasteiger partial charge on any atom is 0.326 e. The summed E-state index contributed by atoms with van der Waals surface area (Å²) >= 11 is 0. The van der Waals surface area contributed by atoms with Crippen molar-refractivity contribution in [1.82, 2.24) is 10.2 Å². The van der Waals surface area contributed by atoms with E-state index in [-0.39, 0.29) is 31.5 Å². The molecule has 0 saturated carbocycles. The molecule has 3 atom stereocenters. The molecule has 0 radical (unpaired) electrons. The number of esters is 1. The average Bonchev–Trinajstić information content (AvgIpc) is 3.12. The summed E-state index contributed by atoms with van der Waals surface area (Å²) in [5.74, 6) is -0.384. The van der Waals surface area contributed by atoms with Crippen molar-refractivity contribution in [3.8, 4) is 11.5 Å². The molecule has 1 saturated heterocycles. The van der Waals surface area contributed by atoms with E-state index in [0.29, 0.717) is 30.2 Å². The zero-order valence-corrected chi connectivity index (χ0v) is 16.1. The summed E-state index contributed by atoms with van der Waals surface area (Å²) in [5, 5.41) is 2.47. The standard InChI is InChI=1S/C19H24N2O7/c1-11-8-21(9-12(2)27-11)19(24)13(3)28-17(22)7-20-18(23)14-4-5-15-16(6-14)26-10-25-15/h4-6,11-13H,7-10H2,1-3H3,(H,20,23)/t11-,12-,13+/m1/s1. The highest BCUT2D eigenvalue weighted by Crippen LogP contribution is 2.32. The second-order valence-corrected chi connectivity index (χ2v) is 6.88. The van der Waals surface area contributed by atoms with Crippen LogP contribution in [0.2, 0.25) is 0 Å². The van der Waals surface area contributed by atoms with Crippen LogP contribution in [0, 0.1) is 0 Å². The summed E-state index contributed by atoms with van der Waals surface area (Å²) in [6, 6.07) is 4.73. The molecule has 1 N–H and O–H groups in total. The Morgan fingerprint density at radius 3 is 2.57 bits per heavy atom. The number of hydrogen-bond acceptors (Lipinski definition) is 7. The minimum absolute atomic E-state index is 0.0726. The predicted molar refractivity (Wildman–Crippen MR) is 97.0 cm³/mol. The molecule has 3 rings (SSSR count). The molecule has 152 valence electrons. The number of nitrogens with one attached hydrogen (secondary N) is 1. The lowest BCUT2D eigenvalue weighted by atomic mass is 10.2. The maximum absolute atomic E-state index is 12.5. The Morgan fingerprint density at radius 1 is 1.18 bits per heavy atom. The largest absolute Gasteiger partial charge is 0.454 e. The quantitative estimate of drug-likeness (QED) is 0.736. The second kappa shape index (κ2) is 8.47. The van der Waals surface area contributed by atoms with Crippen LogP contribution in [-0.2, 0) is 19.1 Å². The van der Waals surface area contributed by atoms with Gasteiger partial charge in [-0.2, -0.15) is 0 Å². The van der Waals surface area contributed by atoms with Gasteiger partial charge in [0.1, 0.15) is 6.54 Å². The van der Waals surface area contributed by atoms with E-state index in [4.69, 9.17) is 18.9 Å². The highest BCUT2D eigenvalue weighted by atomic mass is 16.7. The molecule has 2 aliphatic rings. The van der Waals surface area contributed by atoms with E-state index in [0.717, 1.165) is 0 Å². The number of amides is 2. The fraction of sp³-hybridized carbons (Fsp3) is 0.526. The van der Waals surface area contributed by atoms with Crippen molar-refractivity contribution in [3.05, 3.63) is 23.8 Å². The van der Waals surface area contributed by atoms with E-state index in [1.807, 2.05) is 13.8 Å². The molecule has 2 aliphatic heterocycles. The molecule has 2 amide bonds. The fourth-order valence-corrected chi connectivity index (χ4v) is 3.20. The van der Waals surface area contributed by atoms with Gasteiger partial charge in [-0.05, 0) is 39.0 Å². The van der Waals surface area contributed by atoms with Crippen molar-refractivity contribution < 1.29 is 33.3 Å². The number of rotatable bonds is 5. The SMILES string of the molecule is C[C@@H]1CN(C(=O)[C@H](C)OC(=O)CNC(=O)c2ccc3c(c2)OCO3)C[C@@H](C)O1. The van der Waals surface area contributed by atoms with Gasteiger partial charge in [-0.1, -0.05) is 0 Å². The van der Waals surface area contributed by atoms with Gasteiger partial charge in [-0.3, -0.25) is 14.4 Å². The van der Waals surface area contributed by atoms with Crippen molar-refractivity contribution in [3.63, 3.8) is 0 Å². The van der Waals surface area contributed by atoms with Gasteiger partial charge in [-0.25, -0.2) is 0 Å². The number of morpholine rings is 1. The van der Waals surface area contributed by atoms with Gasteiger partial charge in [0.25, 0.3) is 11.8 Å². The van der Waals surface area contributed by atoms with Crippen molar-refractivity contribution in [2.24, 2.45) is 0 Å². The normalized spacial score (nSPS) is 21.8. The molecule has 1 aromatic carbocycles. The first kappa shape index (κ1) is 19.9. The lowest BCUT2D eigenvalue weighted by molar-refractivity contribution is -0.163. The molecule has 1 fully saturated rings. The summed E-state index contributed by atoms with van der Waals surface area (Å²) in [4.78, 5) is 38.3. The van der Waals surface area contributed by atoms with Crippen LogP contribution >= 0.6 is 0 Å². The molecular formula is C19H24N2O7. The molecule has 9 heteroatoms. The third-order valence-electron chi connectivity index (χ3n) is 4.42. The molecule has 0 aliphatic carbocycles. The van der Waals surface area contributed by atoms with Crippen molar-refractivity contribution in [1.29, 1.82) is 0 Å². The Hall–Kier alpha value is -2.81. The summed E-state index contributed by atoms with van der Waals surface area (Å²) in [6.45, 7) is 5.96. The topological polar surface area (TPSA) is 103 Å². The van der Waals surface area contributed by atoms with Crippen LogP contribution in [0.3, 0.4) is 0 Å². The number of fused-ring (bicyclic) bond motifs is 1. The van der Waals surface area contributed by atoms with Crippen LogP contribution in [0.1, 0.15) is 31.1 Å². The van der Waals surface area contributed by atoms with Crippen LogP contribution < -0.4 is 14.8 Å². The second-order valence-electron chi connectivity index (χ2n) is 6.88. The van der Waals surface area contributed by atoms with Gasteiger partial charge in [0.05, 0.1) is 12.2 Å². The van der Waals surface area contributed by atoms with Crippen LogP contribution in [-0.4, -0.2) is 67.4 Å². The number of nitrogens with zero attached hydrogens (tertiary/aromatic N) is 1. The highest BCUT2D eigenvalue weighted by molar-refractivity contribution is 5.96. The summed E-state index contributed by atoms with van der Waals surface area (Å²) < 4.78 is 21.2. The van der Waals surface area contributed by atoms with E-state index in [2.05, 4.69) is 5.32 Å².